The van der Waals surface area contributed by atoms with Gasteiger partial charge in [0.15, 0.2) is 6.17 Å². The Morgan fingerprint density at radius 1 is 1.90 bits per heavy atom. The Bertz CT molecular complexity index is 137. The number of carbonyl (C=O) groups is 1. The summed E-state index contributed by atoms with van der Waals surface area (Å²) in [4.78, 5) is 20.2. The average Bonchev–Trinajstić information content (AvgIpc) is 1.90. The van der Waals surface area contributed by atoms with Crippen molar-refractivity contribution in [3.8, 4) is 0 Å². The zero-order chi connectivity index (χ0) is 7.98. The Balaban J connectivity index is 3.54. The monoisotopic (exact) mass is 142 g/mol. The maximum atomic E-state index is 10.3. The molecule has 0 spiro atoms. The largest absolute Gasteiger partial charge is 0.299 e. The summed E-state index contributed by atoms with van der Waals surface area (Å²) in [5.41, 5.74) is 0. The molecule has 0 aromatic carbocycles. The summed E-state index contributed by atoms with van der Waals surface area (Å²) < 4.78 is 0. The number of hydrogen-bond acceptors (Lipinski definition) is 4. The van der Waals surface area contributed by atoms with E-state index in [1.807, 2.05) is 0 Å². The fourth-order valence-electron chi connectivity index (χ4n) is 0.412. The average molecular weight is 142 g/mol. The van der Waals surface area contributed by atoms with E-state index in [1.165, 1.54) is 13.0 Å². The van der Waals surface area contributed by atoms with Crippen LogP contribution in [0.2, 0.25) is 0 Å². The van der Waals surface area contributed by atoms with Crippen LogP contribution in [0.4, 0.5) is 0 Å². The molecule has 0 amide bonds. The van der Waals surface area contributed by atoms with E-state index in [2.05, 4.69) is 17.1 Å². The molecule has 1 N–H and O–H groups in total. The topological polar surface area (TPSA) is 58.5 Å². The van der Waals surface area contributed by atoms with Crippen molar-refractivity contribution in [1.29, 1.82) is 0 Å². The molecule has 0 saturated carbocycles. The van der Waals surface area contributed by atoms with Gasteiger partial charge in [0.05, 0.1) is 6.54 Å². The van der Waals surface area contributed by atoms with Gasteiger partial charge in [-0.3, -0.25) is 10.1 Å². The molecule has 0 heterocycles. The van der Waals surface area contributed by atoms with Crippen LogP contribution in [0.1, 0.15) is 6.92 Å². The molecule has 0 aromatic heterocycles. The van der Waals surface area contributed by atoms with Crippen LogP contribution in [0.3, 0.4) is 0 Å². The summed E-state index contributed by atoms with van der Waals surface area (Å²) >= 11 is 0. The Morgan fingerprint density at radius 3 is 2.80 bits per heavy atom. The van der Waals surface area contributed by atoms with E-state index in [1.54, 1.807) is 0 Å². The quantitative estimate of drug-likeness (QED) is 0.447. The first kappa shape index (κ1) is 8.97. The second-order valence-corrected chi connectivity index (χ2v) is 1.87. The second-order valence-electron chi connectivity index (χ2n) is 1.87. The predicted molar refractivity (Wildman–Crippen MR) is 38.5 cm³/mol. The number of nitrogens with one attached hydrogen (secondary N) is 1. The molecular weight excluding hydrogens is 132 g/mol. The lowest BCUT2D eigenvalue weighted by Gasteiger charge is -2.02. The van der Waals surface area contributed by atoms with Crippen LogP contribution >= 0.6 is 0 Å². The first-order valence-electron chi connectivity index (χ1n) is 2.88. The molecule has 0 radical (unpaired) electrons. The van der Waals surface area contributed by atoms with E-state index < -0.39 is 6.17 Å². The number of nitrogens with zero attached hydrogens (tertiary/aromatic N) is 1. The number of Topliss-reactive ketones (excluding diaryl/α,β-unsaturated/α-hetero) is 1. The van der Waals surface area contributed by atoms with Gasteiger partial charge in [-0.05, 0) is 18.2 Å². The number of hydrogen-bond donors (Lipinski definition) is 1. The Hall–Kier alpha value is -1.03. The Morgan fingerprint density at radius 2 is 2.50 bits per heavy atom. The minimum absolute atomic E-state index is 0.0319. The summed E-state index contributed by atoms with van der Waals surface area (Å²) in [7, 11) is 0. The minimum Gasteiger partial charge on any atom is -0.299 e. The highest BCUT2D eigenvalue weighted by Crippen LogP contribution is 1.83. The Kier molecular flexibility index (Phi) is 4.32. The lowest BCUT2D eigenvalue weighted by molar-refractivity contribution is -0.116. The van der Waals surface area contributed by atoms with Crippen molar-refractivity contribution >= 4 is 5.78 Å². The number of carbonyl (C=O) groups excluding carboxylic acids is 1. The van der Waals surface area contributed by atoms with Crippen LogP contribution in [0.15, 0.2) is 17.8 Å². The molecule has 4 nitrogen and oxygen atoms in total. The summed E-state index contributed by atoms with van der Waals surface area (Å²) in [6.07, 6.45) is 0.694. The van der Waals surface area contributed by atoms with Crippen LogP contribution in [0.25, 0.3) is 0 Å². The lowest BCUT2D eigenvalue weighted by atomic mass is 10.4. The fraction of sp³-hybridized carbons (Fsp3) is 0.500. The first-order chi connectivity index (χ1) is 4.70. The SMILES string of the molecule is C=CC(N=O)NCC(C)=O. The van der Waals surface area contributed by atoms with Gasteiger partial charge in [-0.25, -0.2) is 0 Å². The molecule has 1 unspecified atom stereocenters. The molecular formula is C6H10N2O2. The van der Waals surface area contributed by atoms with Crippen LogP contribution in [-0.2, 0) is 4.79 Å². The summed E-state index contributed by atoms with van der Waals surface area (Å²) in [6.45, 7) is 4.93. The van der Waals surface area contributed by atoms with Gasteiger partial charge in [-0.15, -0.1) is 4.91 Å². The van der Waals surface area contributed by atoms with Crippen molar-refractivity contribution in [3.63, 3.8) is 0 Å². The van der Waals surface area contributed by atoms with Gasteiger partial charge in [-0.2, -0.15) is 0 Å². The molecule has 0 aliphatic carbocycles. The molecule has 0 fully saturated rings. The molecule has 0 rings (SSSR count). The van der Waals surface area contributed by atoms with Gasteiger partial charge >= 0.3 is 0 Å². The minimum atomic E-state index is -0.649. The summed E-state index contributed by atoms with van der Waals surface area (Å²) in [5, 5.41) is 5.22. The molecule has 10 heavy (non-hydrogen) atoms. The fourth-order valence-corrected chi connectivity index (χ4v) is 0.412. The molecule has 0 saturated heterocycles. The third-order valence-electron chi connectivity index (χ3n) is 0.897. The highest BCUT2D eigenvalue weighted by Gasteiger charge is 2.01. The van der Waals surface area contributed by atoms with Gasteiger partial charge in [-0.1, -0.05) is 6.58 Å². The van der Waals surface area contributed by atoms with Crippen LogP contribution in [-0.4, -0.2) is 18.5 Å². The molecule has 4 heteroatoms. The molecule has 0 aromatic rings. The van der Waals surface area contributed by atoms with E-state index in [0.717, 1.165) is 0 Å². The van der Waals surface area contributed by atoms with Gasteiger partial charge in [0.2, 0.25) is 0 Å². The van der Waals surface area contributed by atoms with E-state index in [-0.39, 0.29) is 12.3 Å². The second kappa shape index (κ2) is 4.81. The molecule has 0 aliphatic heterocycles. The standard InChI is InChI=1S/C6H10N2O2/c1-3-6(8-10)7-4-5(2)9/h3,6-7H,1,4H2,2H3. The predicted octanol–water partition coefficient (Wildman–Crippen LogP) is 0.443. The van der Waals surface area contributed by atoms with Crippen LogP contribution in [0, 0.1) is 4.91 Å². The number of ketones is 1. The van der Waals surface area contributed by atoms with Gasteiger partial charge in [0.1, 0.15) is 5.78 Å². The molecule has 1 atom stereocenters. The first-order valence-corrected chi connectivity index (χ1v) is 2.88. The van der Waals surface area contributed by atoms with E-state index >= 15 is 0 Å². The van der Waals surface area contributed by atoms with E-state index in [0.29, 0.717) is 0 Å². The van der Waals surface area contributed by atoms with Crippen molar-refractivity contribution in [2.24, 2.45) is 5.18 Å². The van der Waals surface area contributed by atoms with Gasteiger partial charge in [0, 0.05) is 0 Å². The van der Waals surface area contributed by atoms with Crippen LogP contribution < -0.4 is 5.32 Å². The van der Waals surface area contributed by atoms with Crippen molar-refractivity contribution in [2.45, 2.75) is 13.1 Å². The van der Waals surface area contributed by atoms with Crippen LogP contribution in [0.5, 0.6) is 0 Å². The maximum Gasteiger partial charge on any atom is 0.161 e. The lowest BCUT2D eigenvalue weighted by Crippen LogP contribution is -2.29. The summed E-state index contributed by atoms with van der Waals surface area (Å²) in [5.74, 6) is -0.0319. The molecule has 0 aliphatic rings. The Labute approximate surface area is 59.3 Å². The van der Waals surface area contributed by atoms with Crippen molar-refractivity contribution in [1.82, 2.24) is 5.32 Å². The van der Waals surface area contributed by atoms with E-state index in [9.17, 15) is 9.70 Å². The van der Waals surface area contributed by atoms with Crippen molar-refractivity contribution < 1.29 is 4.79 Å². The number of rotatable bonds is 5. The van der Waals surface area contributed by atoms with Gasteiger partial charge < -0.3 is 0 Å². The maximum absolute atomic E-state index is 10.3. The highest BCUT2D eigenvalue weighted by atomic mass is 16.3. The zero-order valence-electron chi connectivity index (χ0n) is 5.83. The van der Waals surface area contributed by atoms with E-state index in [4.69, 9.17) is 0 Å². The van der Waals surface area contributed by atoms with Crippen molar-refractivity contribution in [3.05, 3.63) is 17.6 Å². The normalized spacial score (nSPS) is 12.1. The van der Waals surface area contributed by atoms with Crippen molar-refractivity contribution in [2.75, 3.05) is 6.54 Å². The summed E-state index contributed by atoms with van der Waals surface area (Å²) in [6, 6.07) is 0. The smallest absolute Gasteiger partial charge is 0.161 e. The van der Waals surface area contributed by atoms with Gasteiger partial charge in [0.25, 0.3) is 0 Å². The molecule has 0 bridgehead atoms. The zero-order valence-corrected chi connectivity index (χ0v) is 5.83. The third-order valence-corrected chi connectivity index (χ3v) is 0.897. The number of nitroso groups, excluding NO2 is 1. The third kappa shape index (κ3) is 3.91. The molecule has 56 valence electrons. The highest BCUT2D eigenvalue weighted by molar-refractivity contribution is 5.77.